The molecule has 0 aliphatic carbocycles. The van der Waals surface area contributed by atoms with Gasteiger partial charge in [-0.3, -0.25) is 0 Å². The molecule has 4 rings (SSSR count). The van der Waals surface area contributed by atoms with Gasteiger partial charge in [-0.1, -0.05) is 0 Å². The molecule has 0 atom stereocenters. The lowest BCUT2D eigenvalue weighted by Crippen LogP contribution is -2.20. The van der Waals surface area contributed by atoms with Crippen molar-refractivity contribution in [1.29, 1.82) is 0 Å². The number of thiophene rings is 1. The Morgan fingerprint density at radius 3 is 2.47 bits per heavy atom. The summed E-state index contributed by atoms with van der Waals surface area (Å²) in [5.74, 6) is 1.25. The highest BCUT2D eigenvalue weighted by molar-refractivity contribution is 7.21. The number of amides is 2. The maximum absolute atomic E-state index is 12.5. The molecule has 0 spiro atoms. The van der Waals surface area contributed by atoms with Crippen LogP contribution in [-0.4, -0.2) is 38.9 Å². The third kappa shape index (κ3) is 3.97. The van der Waals surface area contributed by atoms with Gasteiger partial charge in [0, 0.05) is 27.5 Å². The Kier molecular flexibility index (Phi) is 5.62. The van der Waals surface area contributed by atoms with E-state index in [1.807, 2.05) is 13.0 Å². The number of carbonyl (C=O) groups excluding carboxylic acids is 2. The molecule has 0 bridgehead atoms. The quantitative estimate of drug-likeness (QED) is 0.581. The van der Waals surface area contributed by atoms with Gasteiger partial charge in [0.05, 0.1) is 13.7 Å². The lowest BCUT2D eigenvalue weighted by molar-refractivity contribution is 0.0602. The zero-order valence-corrected chi connectivity index (χ0v) is 17.3. The minimum absolute atomic E-state index is 0.396. The Hall–Kier alpha value is -3.46. The second-order valence-electron chi connectivity index (χ2n) is 6.33. The highest BCUT2D eigenvalue weighted by Crippen LogP contribution is 2.40. The molecule has 2 amide bonds. The number of hydrogen-bond acceptors (Lipinski definition) is 7. The number of ether oxygens (including phenoxy) is 4. The van der Waals surface area contributed by atoms with Gasteiger partial charge >= 0.3 is 12.0 Å². The van der Waals surface area contributed by atoms with Crippen molar-refractivity contribution >= 4 is 44.8 Å². The van der Waals surface area contributed by atoms with Gasteiger partial charge in [-0.25, -0.2) is 9.59 Å². The number of rotatable bonds is 5. The van der Waals surface area contributed by atoms with Crippen LogP contribution in [0.15, 0.2) is 36.4 Å². The van der Waals surface area contributed by atoms with Crippen molar-refractivity contribution in [1.82, 2.24) is 0 Å². The molecule has 0 fully saturated rings. The minimum Gasteiger partial charge on any atom is -0.491 e. The second-order valence-corrected chi connectivity index (χ2v) is 7.39. The maximum Gasteiger partial charge on any atom is 0.351 e. The van der Waals surface area contributed by atoms with E-state index in [0.717, 1.165) is 10.1 Å². The van der Waals surface area contributed by atoms with Crippen LogP contribution in [0.25, 0.3) is 10.1 Å². The van der Waals surface area contributed by atoms with Crippen LogP contribution in [0.1, 0.15) is 16.6 Å². The Labute approximate surface area is 176 Å². The summed E-state index contributed by atoms with van der Waals surface area (Å²) < 4.78 is 22.4. The van der Waals surface area contributed by atoms with Crippen molar-refractivity contribution in [2.24, 2.45) is 0 Å². The van der Waals surface area contributed by atoms with Crippen molar-refractivity contribution in [3.63, 3.8) is 0 Å². The number of nitrogens with one attached hydrogen (secondary N) is 2. The fourth-order valence-corrected chi connectivity index (χ4v) is 4.13. The standard InChI is InChI=1S/C21H20N2O6S/c1-3-27-18-14-10-12(5-7-17(14)30-19(18)20(24)26-2)22-21(25)23-13-4-6-15-16(11-13)29-9-8-28-15/h4-7,10-11H,3,8-9H2,1-2H3,(H2,22,23,25). The van der Waals surface area contributed by atoms with Gasteiger partial charge in [0.15, 0.2) is 22.1 Å². The third-order valence-corrected chi connectivity index (χ3v) is 5.49. The molecule has 30 heavy (non-hydrogen) atoms. The maximum atomic E-state index is 12.5. The summed E-state index contributed by atoms with van der Waals surface area (Å²) in [5, 5.41) is 6.30. The van der Waals surface area contributed by atoms with Crippen LogP contribution in [0.4, 0.5) is 16.2 Å². The monoisotopic (exact) mass is 428 g/mol. The molecule has 0 saturated carbocycles. The Morgan fingerprint density at radius 1 is 1.03 bits per heavy atom. The molecule has 2 N–H and O–H groups in total. The van der Waals surface area contributed by atoms with E-state index in [2.05, 4.69) is 10.6 Å². The molecule has 9 heteroatoms. The summed E-state index contributed by atoms with van der Waals surface area (Å²) in [6, 6.07) is 10.2. The first-order chi connectivity index (χ1) is 14.6. The van der Waals surface area contributed by atoms with Gasteiger partial charge < -0.3 is 29.6 Å². The van der Waals surface area contributed by atoms with E-state index in [-0.39, 0.29) is 0 Å². The zero-order valence-electron chi connectivity index (χ0n) is 16.4. The summed E-state index contributed by atoms with van der Waals surface area (Å²) in [6.45, 7) is 3.22. The third-order valence-electron chi connectivity index (χ3n) is 4.36. The highest BCUT2D eigenvalue weighted by Gasteiger charge is 2.21. The average molecular weight is 428 g/mol. The summed E-state index contributed by atoms with van der Waals surface area (Å²) >= 11 is 1.29. The molecule has 8 nitrogen and oxygen atoms in total. The van der Waals surface area contributed by atoms with Crippen LogP contribution in [0.2, 0.25) is 0 Å². The summed E-state index contributed by atoms with van der Waals surface area (Å²) in [7, 11) is 1.33. The van der Waals surface area contributed by atoms with E-state index in [9.17, 15) is 9.59 Å². The van der Waals surface area contributed by atoms with Crippen LogP contribution in [0.5, 0.6) is 17.2 Å². The number of urea groups is 1. The van der Waals surface area contributed by atoms with Gasteiger partial charge in [0.1, 0.15) is 13.2 Å². The lowest BCUT2D eigenvalue weighted by Gasteiger charge is -2.19. The number of methoxy groups -OCH3 is 1. The van der Waals surface area contributed by atoms with Crippen molar-refractivity contribution in [2.75, 3.05) is 37.6 Å². The SMILES string of the molecule is CCOc1c(C(=O)OC)sc2ccc(NC(=O)Nc3ccc4c(c3)OCCO4)cc12. The van der Waals surface area contributed by atoms with Crippen LogP contribution in [0.3, 0.4) is 0 Å². The number of esters is 1. The number of anilines is 2. The first-order valence-electron chi connectivity index (χ1n) is 9.34. The zero-order chi connectivity index (χ0) is 21.1. The molecule has 1 aliphatic rings. The Morgan fingerprint density at radius 2 is 1.73 bits per heavy atom. The van der Waals surface area contributed by atoms with Crippen molar-refractivity contribution in [3.05, 3.63) is 41.3 Å². The van der Waals surface area contributed by atoms with E-state index in [0.29, 0.717) is 53.3 Å². The number of hydrogen-bond donors (Lipinski definition) is 2. The van der Waals surface area contributed by atoms with Crippen LogP contribution in [0, 0.1) is 0 Å². The van der Waals surface area contributed by atoms with Crippen LogP contribution < -0.4 is 24.8 Å². The molecule has 0 unspecified atom stereocenters. The molecular weight excluding hydrogens is 408 g/mol. The Balaban J connectivity index is 1.54. The largest absolute Gasteiger partial charge is 0.491 e. The molecule has 1 aliphatic heterocycles. The van der Waals surface area contributed by atoms with E-state index < -0.39 is 12.0 Å². The molecule has 1 aromatic heterocycles. The van der Waals surface area contributed by atoms with Gasteiger partial charge in [0.2, 0.25) is 0 Å². The fraction of sp³-hybridized carbons (Fsp3) is 0.238. The molecule has 2 heterocycles. The second kappa shape index (κ2) is 8.50. The summed E-state index contributed by atoms with van der Waals surface area (Å²) in [4.78, 5) is 24.9. The smallest absolute Gasteiger partial charge is 0.351 e. The summed E-state index contributed by atoms with van der Waals surface area (Å²) in [6.07, 6.45) is 0. The number of carbonyl (C=O) groups is 2. The van der Waals surface area contributed by atoms with Gasteiger partial charge in [-0.05, 0) is 37.3 Å². The fourth-order valence-electron chi connectivity index (χ4n) is 3.08. The minimum atomic E-state index is -0.453. The topological polar surface area (TPSA) is 95.1 Å². The molecule has 3 aromatic rings. The number of benzene rings is 2. The van der Waals surface area contributed by atoms with E-state index in [1.165, 1.54) is 18.4 Å². The van der Waals surface area contributed by atoms with E-state index in [4.69, 9.17) is 18.9 Å². The van der Waals surface area contributed by atoms with Gasteiger partial charge in [-0.15, -0.1) is 11.3 Å². The van der Waals surface area contributed by atoms with Crippen molar-refractivity contribution in [2.45, 2.75) is 6.92 Å². The first kappa shape index (κ1) is 19.8. The predicted molar refractivity (Wildman–Crippen MR) is 114 cm³/mol. The average Bonchev–Trinajstić information content (AvgIpc) is 3.11. The molecule has 0 saturated heterocycles. The van der Waals surface area contributed by atoms with Crippen molar-refractivity contribution in [3.8, 4) is 17.2 Å². The molecule has 156 valence electrons. The van der Waals surface area contributed by atoms with E-state index in [1.54, 1.807) is 30.3 Å². The van der Waals surface area contributed by atoms with Crippen molar-refractivity contribution < 1.29 is 28.5 Å². The lowest BCUT2D eigenvalue weighted by atomic mass is 10.2. The summed E-state index contributed by atoms with van der Waals surface area (Å²) in [5.41, 5.74) is 1.14. The predicted octanol–water partition coefficient (Wildman–Crippen LogP) is 4.50. The number of fused-ring (bicyclic) bond motifs is 2. The van der Waals surface area contributed by atoms with Gasteiger partial charge in [0.25, 0.3) is 0 Å². The highest BCUT2D eigenvalue weighted by atomic mass is 32.1. The van der Waals surface area contributed by atoms with Gasteiger partial charge in [-0.2, -0.15) is 0 Å². The Bertz CT molecular complexity index is 1110. The first-order valence-corrected chi connectivity index (χ1v) is 10.2. The van der Waals surface area contributed by atoms with E-state index >= 15 is 0 Å². The molecule has 2 aromatic carbocycles. The normalized spacial score (nSPS) is 12.3. The molecule has 0 radical (unpaired) electrons. The van der Waals surface area contributed by atoms with Crippen LogP contribution in [-0.2, 0) is 4.74 Å². The molecular formula is C21H20N2O6S. The van der Waals surface area contributed by atoms with Crippen LogP contribution >= 0.6 is 11.3 Å².